The number of hydrogen-bond acceptors (Lipinski definition) is 4. The lowest BCUT2D eigenvalue weighted by Gasteiger charge is -2.11. The van der Waals surface area contributed by atoms with Crippen molar-refractivity contribution in [3.05, 3.63) is 22.7 Å². The van der Waals surface area contributed by atoms with Crippen LogP contribution in [0.5, 0.6) is 11.5 Å². The van der Waals surface area contributed by atoms with Gasteiger partial charge in [-0.05, 0) is 18.2 Å². The molecular formula is C10H15BrN2O2. The molecule has 0 saturated carbocycles. The molecule has 0 radical (unpaired) electrons. The van der Waals surface area contributed by atoms with Crippen LogP contribution in [0.15, 0.2) is 22.7 Å². The molecule has 0 heterocycles. The highest BCUT2D eigenvalue weighted by molar-refractivity contribution is 9.10. The predicted octanol–water partition coefficient (Wildman–Crippen LogP) is 1.12. The van der Waals surface area contributed by atoms with Crippen molar-refractivity contribution in [2.45, 2.75) is 0 Å². The maximum atomic E-state index is 5.44. The molecule has 1 rings (SSSR count). The van der Waals surface area contributed by atoms with Crippen LogP contribution in [0.25, 0.3) is 0 Å². The van der Waals surface area contributed by atoms with Gasteiger partial charge in [0.15, 0.2) is 11.5 Å². The molecule has 0 saturated heterocycles. The van der Waals surface area contributed by atoms with Crippen molar-refractivity contribution in [3.8, 4) is 11.5 Å². The minimum absolute atomic E-state index is 0.468. The van der Waals surface area contributed by atoms with Gasteiger partial charge in [-0.3, -0.25) is 0 Å². The topological polar surface area (TPSA) is 70.5 Å². The lowest BCUT2D eigenvalue weighted by Crippen LogP contribution is -2.13. The first-order valence-electron chi connectivity index (χ1n) is 4.73. The van der Waals surface area contributed by atoms with Crippen molar-refractivity contribution in [1.29, 1.82) is 0 Å². The minimum atomic E-state index is 0.468. The Balaban J connectivity index is 2.73. The molecular weight excluding hydrogens is 260 g/mol. The van der Waals surface area contributed by atoms with E-state index >= 15 is 0 Å². The summed E-state index contributed by atoms with van der Waals surface area (Å²) >= 11 is 3.36. The van der Waals surface area contributed by atoms with E-state index in [9.17, 15) is 0 Å². The first kappa shape index (κ1) is 12.3. The Morgan fingerprint density at radius 1 is 1.00 bits per heavy atom. The highest BCUT2D eigenvalue weighted by Crippen LogP contribution is 2.30. The van der Waals surface area contributed by atoms with Gasteiger partial charge >= 0.3 is 0 Å². The number of benzene rings is 1. The molecule has 0 spiro atoms. The smallest absolute Gasteiger partial charge is 0.162 e. The molecule has 1 aromatic carbocycles. The Morgan fingerprint density at radius 3 is 2.20 bits per heavy atom. The normalized spacial score (nSPS) is 10.1. The summed E-state index contributed by atoms with van der Waals surface area (Å²) in [6, 6.07) is 5.58. The van der Waals surface area contributed by atoms with Crippen LogP contribution in [0.4, 0.5) is 0 Å². The molecule has 0 fully saturated rings. The van der Waals surface area contributed by atoms with Gasteiger partial charge < -0.3 is 20.9 Å². The second-order valence-corrected chi connectivity index (χ2v) is 3.78. The third-order valence-electron chi connectivity index (χ3n) is 1.66. The first-order chi connectivity index (χ1) is 7.27. The molecule has 5 heteroatoms. The van der Waals surface area contributed by atoms with Crippen molar-refractivity contribution >= 4 is 15.9 Å². The van der Waals surface area contributed by atoms with Crippen molar-refractivity contribution in [3.63, 3.8) is 0 Å². The molecule has 0 amide bonds. The van der Waals surface area contributed by atoms with Crippen molar-refractivity contribution in [2.24, 2.45) is 11.5 Å². The Bertz CT molecular complexity index is 307. The van der Waals surface area contributed by atoms with E-state index in [4.69, 9.17) is 20.9 Å². The van der Waals surface area contributed by atoms with Gasteiger partial charge in [0.2, 0.25) is 0 Å². The largest absolute Gasteiger partial charge is 0.488 e. The molecule has 0 aliphatic heterocycles. The molecule has 0 aromatic heterocycles. The van der Waals surface area contributed by atoms with Crippen LogP contribution in [0.1, 0.15) is 0 Å². The van der Waals surface area contributed by atoms with Gasteiger partial charge in [-0.15, -0.1) is 0 Å². The lowest BCUT2D eigenvalue weighted by molar-refractivity contribution is 0.278. The van der Waals surface area contributed by atoms with Gasteiger partial charge in [0.05, 0.1) is 0 Å². The van der Waals surface area contributed by atoms with Gasteiger partial charge in [-0.2, -0.15) is 0 Å². The van der Waals surface area contributed by atoms with E-state index in [0.717, 1.165) is 4.47 Å². The zero-order valence-electron chi connectivity index (χ0n) is 8.41. The summed E-state index contributed by atoms with van der Waals surface area (Å²) in [5.41, 5.74) is 10.7. The van der Waals surface area contributed by atoms with E-state index < -0.39 is 0 Å². The fraction of sp³-hybridized carbons (Fsp3) is 0.400. The number of hydrogen-bond donors (Lipinski definition) is 2. The number of halogens is 1. The molecule has 15 heavy (non-hydrogen) atoms. The van der Waals surface area contributed by atoms with E-state index in [1.807, 2.05) is 18.2 Å². The van der Waals surface area contributed by atoms with Crippen LogP contribution < -0.4 is 20.9 Å². The fourth-order valence-corrected chi connectivity index (χ4v) is 1.39. The van der Waals surface area contributed by atoms with Crippen molar-refractivity contribution in [1.82, 2.24) is 0 Å². The Hall–Kier alpha value is -0.780. The second-order valence-electron chi connectivity index (χ2n) is 2.87. The SMILES string of the molecule is NCCOc1ccc(Br)cc1OCCN. The maximum absolute atomic E-state index is 5.44. The van der Waals surface area contributed by atoms with Crippen LogP contribution in [-0.4, -0.2) is 26.3 Å². The first-order valence-corrected chi connectivity index (χ1v) is 5.52. The summed E-state index contributed by atoms with van der Waals surface area (Å²) in [6.07, 6.45) is 0. The summed E-state index contributed by atoms with van der Waals surface area (Å²) in [6.45, 7) is 1.89. The van der Waals surface area contributed by atoms with E-state index in [1.54, 1.807) is 0 Å². The maximum Gasteiger partial charge on any atom is 0.162 e. The molecule has 0 atom stereocenters. The fourth-order valence-electron chi connectivity index (χ4n) is 1.05. The highest BCUT2D eigenvalue weighted by Gasteiger charge is 2.05. The standard InChI is InChI=1S/C10H15BrN2O2/c11-8-1-2-9(14-5-3-12)10(7-8)15-6-4-13/h1-2,7H,3-6,12-13H2. The Morgan fingerprint density at radius 2 is 1.60 bits per heavy atom. The number of ether oxygens (including phenoxy) is 2. The van der Waals surface area contributed by atoms with Crippen LogP contribution in [-0.2, 0) is 0 Å². The molecule has 0 aliphatic carbocycles. The predicted molar refractivity (Wildman–Crippen MR) is 63.2 cm³/mol. The molecule has 4 nitrogen and oxygen atoms in total. The Labute approximate surface area is 97.7 Å². The average molecular weight is 275 g/mol. The molecule has 0 unspecified atom stereocenters. The van der Waals surface area contributed by atoms with Gasteiger partial charge in [0.25, 0.3) is 0 Å². The zero-order chi connectivity index (χ0) is 11.1. The van der Waals surface area contributed by atoms with E-state index in [0.29, 0.717) is 37.8 Å². The van der Waals surface area contributed by atoms with E-state index in [-0.39, 0.29) is 0 Å². The summed E-state index contributed by atoms with van der Waals surface area (Å²) in [7, 11) is 0. The van der Waals surface area contributed by atoms with E-state index in [2.05, 4.69) is 15.9 Å². The van der Waals surface area contributed by atoms with Crippen LogP contribution in [0.2, 0.25) is 0 Å². The third kappa shape index (κ3) is 4.07. The molecule has 4 N–H and O–H groups in total. The van der Waals surface area contributed by atoms with Gasteiger partial charge in [-0.25, -0.2) is 0 Å². The minimum Gasteiger partial charge on any atom is -0.488 e. The van der Waals surface area contributed by atoms with E-state index in [1.165, 1.54) is 0 Å². The lowest BCUT2D eigenvalue weighted by atomic mass is 10.3. The van der Waals surface area contributed by atoms with Crippen LogP contribution >= 0.6 is 15.9 Å². The van der Waals surface area contributed by atoms with Gasteiger partial charge in [0.1, 0.15) is 13.2 Å². The van der Waals surface area contributed by atoms with Crippen molar-refractivity contribution in [2.75, 3.05) is 26.3 Å². The highest BCUT2D eigenvalue weighted by atomic mass is 79.9. The summed E-state index contributed by atoms with van der Waals surface area (Å²) in [5, 5.41) is 0. The zero-order valence-corrected chi connectivity index (χ0v) is 10.00. The average Bonchev–Trinajstić information content (AvgIpc) is 2.25. The van der Waals surface area contributed by atoms with Gasteiger partial charge in [0, 0.05) is 17.6 Å². The molecule has 84 valence electrons. The van der Waals surface area contributed by atoms with Crippen molar-refractivity contribution < 1.29 is 9.47 Å². The second kappa shape index (κ2) is 6.66. The molecule has 1 aromatic rings. The summed E-state index contributed by atoms with van der Waals surface area (Å²) in [4.78, 5) is 0. The quantitative estimate of drug-likeness (QED) is 0.816. The summed E-state index contributed by atoms with van der Waals surface area (Å²) < 4.78 is 11.8. The third-order valence-corrected chi connectivity index (χ3v) is 2.15. The molecule has 0 aliphatic rings. The van der Waals surface area contributed by atoms with Crippen LogP contribution in [0.3, 0.4) is 0 Å². The Kier molecular flexibility index (Phi) is 5.45. The monoisotopic (exact) mass is 274 g/mol. The number of nitrogens with two attached hydrogens (primary N) is 2. The van der Waals surface area contributed by atoms with Gasteiger partial charge in [-0.1, -0.05) is 15.9 Å². The summed E-state index contributed by atoms with van der Waals surface area (Å²) in [5.74, 6) is 1.38. The van der Waals surface area contributed by atoms with Crippen LogP contribution in [0, 0.1) is 0 Å². The molecule has 0 bridgehead atoms. The number of rotatable bonds is 6.